The first-order valence-electron chi connectivity index (χ1n) is 8.21. The number of carbonyl (C=O) groups is 1. The monoisotopic (exact) mass is 339 g/mol. The Morgan fingerprint density at radius 2 is 1.72 bits per heavy atom. The van der Waals surface area contributed by atoms with E-state index in [2.05, 4.69) is 47.7 Å². The van der Waals surface area contributed by atoms with Crippen LogP contribution in [0.2, 0.25) is 0 Å². The predicted octanol–water partition coefficient (Wildman–Crippen LogP) is 2.96. The third-order valence-corrected chi connectivity index (χ3v) is 4.00. The number of aliphatic imine (C=N–C) groups is 1. The van der Waals surface area contributed by atoms with Gasteiger partial charge in [0.2, 0.25) is 0 Å². The number of guanidine groups is 1. The van der Waals surface area contributed by atoms with Crippen LogP contribution < -0.4 is 10.6 Å². The van der Waals surface area contributed by atoms with Crippen molar-refractivity contribution >= 4 is 11.9 Å². The fourth-order valence-electron chi connectivity index (χ4n) is 2.51. The molecule has 25 heavy (non-hydrogen) atoms. The minimum atomic E-state index is -0.328. The summed E-state index contributed by atoms with van der Waals surface area (Å²) >= 11 is 0. The lowest BCUT2D eigenvalue weighted by atomic mass is 10.1. The van der Waals surface area contributed by atoms with Crippen LogP contribution in [0.1, 0.15) is 32.6 Å². The lowest BCUT2D eigenvalue weighted by Crippen LogP contribution is -2.36. The highest BCUT2D eigenvalue weighted by Gasteiger charge is 2.05. The van der Waals surface area contributed by atoms with Crippen LogP contribution >= 0.6 is 0 Å². The molecule has 0 atom stereocenters. The number of nitrogens with one attached hydrogen (secondary N) is 2. The molecule has 0 unspecified atom stereocenters. The van der Waals surface area contributed by atoms with Gasteiger partial charge in [0.05, 0.1) is 12.7 Å². The van der Waals surface area contributed by atoms with Crippen LogP contribution in [0, 0.1) is 13.8 Å². The van der Waals surface area contributed by atoms with Gasteiger partial charge in [-0.2, -0.15) is 0 Å². The van der Waals surface area contributed by atoms with Crippen LogP contribution in [0.5, 0.6) is 0 Å². The second kappa shape index (κ2) is 8.87. The highest BCUT2D eigenvalue weighted by atomic mass is 16.5. The number of esters is 1. The molecule has 0 heterocycles. The average molecular weight is 339 g/mol. The Hall–Kier alpha value is -2.82. The van der Waals surface area contributed by atoms with Gasteiger partial charge in [0, 0.05) is 20.1 Å². The van der Waals surface area contributed by atoms with Crippen molar-refractivity contribution in [3.63, 3.8) is 0 Å². The van der Waals surface area contributed by atoms with Gasteiger partial charge in [0.15, 0.2) is 5.96 Å². The van der Waals surface area contributed by atoms with Crippen molar-refractivity contribution in [2.24, 2.45) is 4.99 Å². The number of hydrogen-bond donors (Lipinski definition) is 2. The topological polar surface area (TPSA) is 62.7 Å². The van der Waals surface area contributed by atoms with E-state index in [4.69, 9.17) is 4.74 Å². The minimum Gasteiger partial charge on any atom is -0.465 e. The summed E-state index contributed by atoms with van der Waals surface area (Å²) in [7, 11) is 3.13. The molecule has 0 aliphatic carbocycles. The first-order chi connectivity index (χ1) is 12.0. The molecule has 0 saturated heterocycles. The molecule has 0 bridgehead atoms. The van der Waals surface area contributed by atoms with E-state index in [0.29, 0.717) is 18.7 Å². The molecule has 2 rings (SSSR count). The van der Waals surface area contributed by atoms with Gasteiger partial charge in [-0.05, 0) is 42.7 Å². The molecule has 2 aromatic rings. The van der Waals surface area contributed by atoms with Crippen molar-refractivity contribution in [2.45, 2.75) is 26.9 Å². The standard InChI is InChI=1S/C20H25N3O2/c1-14-5-8-18(15(2)11-14)13-23-20(21-3)22-12-16-6-9-17(10-7-16)19(24)25-4/h5-11H,12-13H2,1-4H3,(H2,21,22,23). The minimum absolute atomic E-state index is 0.328. The van der Waals surface area contributed by atoms with Gasteiger partial charge in [-0.15, -0.1) is 0 Å². The van der Waals surface area contributed by atoms with Crippen LogP contribution in [0.3, 0.4) is 0 Å². The zero-order valence-corrected chi connectivity index (χ0v) is 15.2. The summed E-state index contributed by atoms with van der Waals surface area (Å²) in [5, 5.41) is 6.59. The van der Waals surface area contributed by atoms with Crippen molar-refractivity contribution in [2.75, 3.05) is 14.2 Å². The lowest BCUT2D eigenvalue weighted by Gasteiger charge is -2.13. The van der Waals surface area contributed by atoms with E-state index in [-0.39, 0.29) is 5.97 Å². The van der Waals surface area contributed by atoms with Gasteiger partial charge in [0.1, 0.15) is 0 Å². The number of aryl methyl sites for hydroxylation is 2. The Bertz CT molecular complexity index is 752. The molecule has 132 valence electrons. The number of ether oxygens (including phenoxy) is 1. The van der Waals surface area contributed by atoms with Crippen molar-refractivity contribution in [3.05, 3.63) is 70.3 Å². The smallest absolute Gasteiger partial charge is 0.337 e. The van der Waals surface area contributed by atoms with Crippen LogP contribution in [0.25, 0.3) is 0 Å². The van der Waals surface area contributed by atoms with E-state index in [0.717, 1.165) is 11.5 Å². The molecular weight excluding hydrogens is 314 g/mol. The second-order valence-electron chi connectivity index (χ2n) is 5.90. The largest absolute Gasteiger partial charge is 0.465 e. The quantitative estimate of drug-likeness (QED) is 0.499. The first kappa shape index (κ1) is 18.5. The summed E-state index contributed by atoms with van der Waals surface area (Å²) in [6, 6.07) is 13.7. The highest BCUT2D eigenvalue weighted by Crippen LogP contribution is 2.10. The molecular formula is C20H25N3O2. The summed E-state index contributed by atoms with van der Waals surface area (Å²) in [5.74, 6) is 0.405. The van der Waals surface area contributed by atoms with Gasteiger partial charge in [0.25, 0.3) is 0 Å². The van der Waals surface area contributed by atoms with E-state index in [1.54, 1.807) is 19.2 Å². The molecule has 0 amide bonds. The van der Waals surface area contributed by atoms with E-state index in [1.165, 1.54) is 23.8 Å². The Morgan fingerprint density at radius 3 is 2.32 bits per heavy atom. The van der Waals surface area contributed by atoms with Gasteiger partial charge in [-0.3, -0.25) is 4.99 Å². The number of nitrogens with zero attached hydrogens (tertiary/aromatic N) is 1. The molecule has 0 radical (unpaired) electrons. The molecule has 2 aromatic carbocycles. The molecule has 5 heteroatoms. The Kier molecular flexibility index (Phi) is 6.57. The second-order valence-corrected chi connectivity index (χ2v) is 5.90. The molecule has 0 fully saturated rings. The molecule has 0 aliphatic rings. The van der Waals surface area contributed by atoms with E-state index in [1.807, 2.05) is 12.1 Å². The van der Waals surface area contributed by atoms with Crippen LogP contribution in [0.4, 0.5) is 0 Å². The summed E-state index contributed by atoms with van der Waals surface area (Å²) < 4.78 is 4.70. The maximum absolute atomic E-state index is 11.4. The molecule has 0 spiro atoms. The van der Waals surface area contributed by atoms with Gasteiger partial charge >= 0.3 is 5.97 Å². The maximum atomic E-state index is 11.4. The zero-order valence-electron chi connectivity index (χ0n) is 15.2. The van der Waals surface area contributed by atoms with Crippen LogP contribution in [-0.2, 0) is 17.8 Å². The molecule has 0 saturated carbocycles. The SMILES string of the molecule is CN=C(NCc1ccc(C(=O)OC)cc1)NCc1ccc(C)cc1C. The van der Waals surface area contributed by atoms with Crippen molar-refractivity contribution in [1.82, 2.24) is 10.6 Å². The Balaban J connectivity index is 1.89. The number of rotatable bonds is 5. The zero-order chi connectivity index (χ0) is 18.2. The summed E-state index contributed by atoms with van der Waals surface area (Å²) in [4.78, 5) is 15.7. The van der Waals surface area contributed by atoms with Crippen molar-refractivity contribution in [1.29, 1.82) is 0 Å². The van der Waals surface area contributed by atoms with Crippen LogP contribution in [-0.4, -0.2) is 26.1 Å². The number of carbonyl (C=O) groups excluding carboxylic acids is 1. The van der Waals surface area contributed by atoms with Crippen LogP contribution in [0.15, 0.2) is 47.5 Å². The fraction of sp³-hybridized carbons (Fsp3) is 0.300. The Morgan fingerprint density at radius 1 is 1.04 bits per heavy atom. The van der Waals surface area contributed by atoms with Crippen molar-refractivity contribution in [3.8, 4) is 0 Å². The number of benzene rings is 2. The summed E-state index contributed by atoms with van der Waals surface area (Å²) in [6.45, 7) is 5.54. The van der Waals surface area contributed by atoms with Crippen molar-refractivity contribution < 1.29 is 9.53 Å². The molecule has 5 nitrogen and oxygen atoms in total. The van der Waals surface area contributed by atoms with E-state index >= 15 is 0 Å². The van der Waals surface area contributed by atoms with Gasteiger partial charge < -0.3 is 15.4 Å². The average Bonchev–Trinajstić information content (AvgIpc) is 2.63. The van der Waals surface area contributed by atoms with Gasteiger partial charge in [-0.1, -0.05) is 35.9 Å². The third kappa shape index (κ3) is 5.35. The first-order valence-corrected chi connectivity index (χ1v) is 8.21. The normalized spacial score (nSPS) is 11.1. The predicted molar refractivity (Wildman–Crippen MR) is 101 cm³/mol. The van der Waals surface area contributed by atoms with E-state index in [9.17, 15) is 4.79 Å². The van der Waals surface area contributed by atoms with E-state index < -0.39 is 0 Å². The molecule has 0 aromatic heterocycles. The Labute approximate surface area is 149 Å². The third-order valence-electron chi connectivity index (χ3n) is 4.00. The fourth-order valence-corrected chi connectivity index (χ4v) is 2.51. The number of methoxy groups -OCH3 is 1. The molecule has 2 N–H and O–H groups in total. The maximum Gasteiger partial charge on any atom is 0.337 e. The summed E-state index contributed by atoms with van der Waals surface area (Å²) in [6.07, 6.45) is 0. The molecule has 0 aliphatic heterocycles. The highest BCUT2D eigenvalue weighted by molar-refractivity contribution is 5.89. The lowest BCUT2D eigenvalue weighted by molar-refractivity contribution is 0.0600. The number of hydrogen-bond acceptors (Lipinski definition) is 3. The summed E-state index contributed by atoms with van der Waals surface area (Å²) in [5.41, 5.74) is 5.38. The van der Waals surface area contributed by atoms with Gasteiger partial charge in [-0.25, -0.2) is 4.79 Å².